The predicted molar refractivity (Wildman–Crippen MR) is 85.7 cm³/mol. The molecule has 0 radical (unpaired) electrons. The van der Waals surface area contributed by atoms with E-state index in [-0.39, 0.29) is 5.92 Å². The molecule has 0 N–H and O–H groups in total. The van der Waals surface area contributed by atoms with Crippen molar-refractivity contribution in [3.63, 3.8) is 0 Å². The van der Waals surface area contributed by atoms with E-state index < -0.39 is 0 Å². The van der Waals surface area contributed by atoms with Crippen LogP contribution in [0.15, 0.2) is 24.3 Å². The van der Waals surface area contributed by atoms with Gasteiger partial charge in [0.2, 0.25) is 5.91 Å². The molecule has 1 saturated heterocycles. The third-order valence-corrected chi connectivity index (χ3v) is 4.33. The molecule has 1 amide bonds. The number of likely N-dealkylation sites (tertiary alicyclic amines) is 1. The number of amides is 1. The number of hydrogen-bond acceptors (Lipinski definition) is 2. The van der Waals surface area contributed by atoms with Crippen LogP contribution >= 0.6 is 0 Å². The van der Waals surface area contributed by atoms with Gasteiger partial charge in [-0.15, -0.1) is 0 Å². The molecule has 1 aromatic rings. The number of carbonyl (C=O) groups is 1. The van der Waals surface area contributed by atoms with Crippen molar-refractivity contribution in [3.05, 3.63) is 29.8 Å². The molecule has 1 atom stereocenters. The molecule has 1 fully saturated rings. The van der Waals surface area contributed by atoms with E-state index in [0.717, 1.165) is 56.5 Å². The molecule has 1 heterocycles. The monoisotopic (exact) mass is 289 g/mol. The van der Waals surface area contributed by atoms with Gasteiger partial charge in [-0.05, 0) is 43.4 Å². The van der Waals surface area contributed by atoms with Crippen LogP contribution in [0.3, 0.4) is 0 Å². The molecule has 1 aromatic carbocycles. The second-order valence-electron chi connectivity index (χ2n) is 5.85. The fourth-order valence-electron chi connectivity index (χ4n) is 3.01. The third-order valence-electron chi connectivity index (χ3n) is 4.33. The lowest BCUT2D eigenvalue weighted by molar-refractivity contribution is -0.133. The van der Waals surface area contributed by atoms with Crippen LogP contribution in [0.1, 0.15) is 56.9 Å². The van der Waals surface area contributed by atoms with Crippen molar-refractivity contribution in [3.8, 4) is 5.75 Å². The SMILES string of the molecule is CCCCC(C(=O)N1CCCCC1)c1ccc(OC)cc1. The van der Waals surface area contributed by atoms with E-state index in [4.69, 9.17) is 4.74 Å². The smallest absolute Gasteiger partial charge is 0.230 e. The maximum absolute atomic E-state index is 12.9. The zero-order valence-corrected chi connectivity index (χ0v) is 13.3. The molecule has 3 nitrogen and oxygen atoms in total. The Kier molecular flexibility index (Phi) is 6.09. The normalized spacial score (nSPS) is 16.6. The zero-order valence-electron chi connectivity index (χ0n) is 13.3. The Morgan fingerprint density at radius 2 is 1.86 bits per heavy atom. The summed E-state index contributed by atoms with van der Waals surface area (Å²) in [5.74, 6) is 1.17. The van der Waals surface area contributed by atoms with Gasteiger partial charge >= 0.3 is 0 Å². The summed E-state index contributed by atoms with van der Waals surface area (Å²) in [6.45, 7) is 4.03. The van der Waals surface area contributed by atoms with E-state index in [1.165, 1.54) is 6.42 Å². The highest BCUT2D eigenvalue weighted by Gasteiger charge is 2.26. The van der Waals surface area contributed by atoms with Gasteiger partial charge in [-0.2, -0.15) is 0 Å². The fourth-order valence-corrected chi connectivity index (χ4v) is 3.01. The van der Waals surface area contributed by atoms with Crippen LogP contribution in [0.25, 0.3) is 0 Å². The van der Waals surface area contributed by atoms with Gasteiger partial charge in [0, 0.05) is 13.1 Å². The van der Waals surface area contributed by atoms with Gasteiger partial charge in [-0.1, -0.05) is 31.9 Å². The van der Waals surface area contributed by atoms with E-state index in [1.807, 2.05) is 24.3 Å². The lowest BCUT2D eigenvalue weighted by atomic mass is 9.91. The summed E-state index contributed by atoms with van der Waals surface area (Å²) in [6, 6.07) is 8.00. The van der Waals surface area contributed by atoms with Crippen molar-refractivity contribution in [2.45, 2.75) is 51.4 Å². The Bertz CT molecular complexity index is 435. The summed E-state index contributed by atoms with van der Waals surface area (Å²) in [6.07, 6.45) is 6.71. The van der Waals surface area contributed by atoms with E-state index in [9.17, 15) is 4.79 Å². The number of piperidine rings is 1. The predicted octanol–water partition coefficient (Wildman–Crippen LogP) is 3.98. The number of benzene rings is 1. The summed E-state index contributed by atoms with van der Waals surface area (Å²) in [7, 11) is 1.67. The number of nitrogens with zero attached hydrogens (tertiary/aromatic N) is 1. The van der Waals surface area contributed by atoms with Crippen molar-refractivity contribution >= 4 is 5.91 Å². The molecular weight excluding hydrogens is 262 g/mol. The van der Waals surface area contributed by atoms with Gasteiger partial charge in [-0.3, -0.25) is 4.79 Å². The average Bonchev–Trinajstić information content (AvgIpc) is 2.56. The van der Waals surface area contributed by atoms with Gasteiger partial charge in [0.1, 0.15) is 5.75 Å². The number of ether oxygens (including phenoxy) is 1. The van der Waals surface area contributed by atoms with Crippen LogP contribution < -0.4 is 4.74 Å². The maximum atomic E-state index is 12.9. The Morgan fingerprint density at radius 3 is 2.43 bits per heavy atom. The first kappa shape index (κ1) is 15.9. The molecule has 0 bridgehead atoms. The van der Waals surface area contributed by atoms with Crippen LogP contribution in [-0.4, -0.2) is 31.0 Å². The minimum atomic E-state index is 0.00829. The topological polar surface area (TPSA) is 29.5 Å². The highest BCUT2D eigenvalue weighted by Crippen LogP contribution is 2.27. The first-order valence-corrected chi connectivity index (χ1v) is 8.19. The molecule has 1 aliphatic heterocycles. The lowest BCUT2D eigenvalue weighted by Crippen LogP contribution is -2.38. The average molecular weight is 289 g/mol. The number of methoxy groups -OCH3 is 1. The van der Waals surface area contributed by atoms with Crippen molar-refractivity contribution in [1.29, 1.82) is 0 Å². The van der Waals surface area contributed by atoms with Crippen molar-refractivity contribution in [1.82, 2.24) is 4.90 Å². The Labute approximate surface area is 128 Å². The lowest BCUT2D eigenvalue weighted by Gasteiger charge is -2.30. The molecule has 21 heavy (non-hydrogen) atoms. The van der Waals surface area contributed by atoms with Crippen LogP contribution in [0.2, 0.25) is 0 Å². The summed E-state index contributed by atoms with van der Waals surface area (Å²) in [5.41, 5.74) is 1.12. The van der Waals surface area contributed by atoms with Crippen LogP contribution in [0, 0.1) is 0 Å². The minimum absolute atomic E-state index is 0.00829. The summed E-state index contributed by atoms with van der Waals surface area (Å²) in [4.78, 5) is 14.9. The molecule has 2 rings (SSSR count). The molecule has 0 aromatic heterocycles. The van der Waals surface area contributed by atoms with Crippen molar-refractivity contribution in [2.24, 2.45) is 0 Å². The van der Waals surface area contributed by atoms with E-state index >= 15 is 0 Å². The van der Waals surface area contributed by atoms with E-state index in [0.29, 0.717) is 5.91 Å². The fraction of sp³-hybridized carbons (Fsp3) is 0.611. The molecule has 0 saturated carbocycles. The summed E-state index contributed by atoms with van der Waals surface area (Å²) >= 11 is 0. The van der Waals surface area contributed by atoms with Crippen LogP contribution in [0.5, 0.6) is 5.75 Å². The van der Waals surface area contributed by atoms with Gasteiger partial charge in [0.15, 0.2) is 0 Å². The van der Waals surface area contributed by atoms with E-state index in [1.54, 1.807) is 7.11 Å². The Morgan fingerprint density at radius 1 is 1.19 bits per heavy atom. The number of carbonyl (C=O) groups excluding carboxylic acids is 1. The van der Waals surface area contributed by atoms with Crippen LogP contribution in [0.4, 0.5) is 0 Å². The Hall–Kier alpha value is -1.51. The molecule has 0 spiro atoms. The summed E-state index contributed by atoms with van der Waals surface area (Å²) in [5, 5.41) is 0. The quantitative estimate of drug-likeness (QED) is 0.792. The highest BCUT2D eigenvalue weighted by atomic mass is 16.5. The first-order chi connectivity index (χ1) is 10.3. The zero-order chi connectivity index (χ0) is 15.1. The second kappa shape index (κ2) is 8.06. The largest absolute Gasteiger partial charge is 0.497 e. The number of rotatable bonds is 6. The second-order valence-corrected chi connectivity index (χ2v) is 5.85. The van der Waals surface area contributed by atoms with Crippen molar-refractivity contribution < 1.29 is 9.53 Å². The van der Waals surface area contributed by atoms with Crippen LogP contribution in [-0.2, 0) is 4.79 Å². The molecular formula is C18H27NO2. The minimum Gasteiger partial charge on any atom is -0.497 e. The van der Waals surface area contributed by atoms with Gasteiger partial charge < -0.3 is 9.64 Å². The number of unbranched alkanes of at least 4 members (excludes halogenated alkanes) is 1. The van der Waals surface area contributed by atoms with Gasteiger partial charge in [0.05, 0.1) is 13.0 Å². The molecule has 3 heteroatoms. The Balaban J connectivity index is 2.13. The highest BCUT2D eigenvalue weighted by molar-refractivity contribution is 5.83. The molecule has 0 aliphatic carbocycles. The number of hydrogen-bond donors (Lipinski definition) is 0. The third kappa shape index (κ3) is 4.23. The van der Waals surface area contributed by atoms with Gasteiger partial charge in [0.25, 0.3) is 0 Å². The molecule has 1 unspecified atom stereocenters. The first-order valence-electron chi connectivity index (χ1n) is 8.19. The van der Waals surface area contributed by atoms with E-state index in [2.05, 4.69) is 11.8 Å². The molecule has 116 valence electrons. The molecule has 1 aliphatic rings. The van der Waals surface area contributed by atoms with Crippen molar-refractivity contribution in [2.75, 3.05) is 20.2 Å². The summed E-state index contributed by atoms with van der Waals surface area (Å²) < 4.78 is 5.21. The van der Waals surface area contributed by atoms with Gasteiger partial charge in [-0.25, -0.2) is 0 Å². The maximum Gasteiger partial charge on any atom is 0.230 e. The standard InChI is InChI=1S/C18H27NO2/c1-3-4-8-17(15-9-11-16(21-2)12-10-15)18(20)19-13-6-5-7-14-19/h9-12,17H,3-8,13-14H2,1-2H3.